The van der Waals surface area contributed by atoms with Gasteiger partial charge in [0.15, 0.2) is 5.78 Å². The van der Waals surface area contributed by atoms with Gasteiger partial charge in [0.1, 0.15) is 6.10 Å². The summed E-state index contributed by atoms with van der Waals surface area (Å²) >= 11 is 2.23. The molecule has 1 fully saturated rings. The molecule has 0 spiro atoms. The van der Waals surface area contributed by atoms with E-state index in [4.69, 9.17) is 4.74 Å². The van der Waals surface area contributed by atoms with E-state index < -0.39 is 0 Å². The lowest BCUT2D eigenvalue weighted by molar-refractivity contribution is 0.0186. The number of hydrogen-bond donors (Lipinski definition) is 0. The molecule has 2 nitrogen and oxygen atoms in total. The Morgan fingerprint density at radius 2 is 2.00 bits per heavy atom. The maximum atomic E-state index is 12.0. The number of ether oxygens (including phenoxy) is 1. The average Bonchev–Trinajstić information content (AvgIpc) is 2.30. The molecule has 3 heteroatoms. The number of halogens is 1. The second kappa shape index (κ2) is 5.07. The normalized spacial score (nSPS) is 21.3. The van der Waals surface area contributed by atoms with E-state index in [1.165, 1.54) is 0 Å². The Balaban J connectivity index is 2.09. The number of carbonyl (C=O) groups excluding carboxylic acids is 1. The molecule has 0 saturated carbocycles. The summed E-state index contributed by atoms with van der Waals surface area (Å²) in [6.45, 7) is 0.723. The molecule has 0 aliphatic carbocycles. The van der Waals surface area contributed by atoms with E-state index in [2.05, 4.69) is 22.6 Å². The molecule has 1 aliphatic rings. The van der Waals surface area contributed by atoms with Crippen LogP contribution in [-0.4, -0.2) is 18.5 Å². The Labute approximate surface area is 103 Å². The summed E-state index contributed by atoms with van der Waals surface area (Å²) in [6, 6.07) is 7.66. The van der Waals surface area contributed by atoms with E-state index in [9.17, 15) is 4.79 Å². The predicted molar refractivity (Wildman–Crippen MR) is 67.1 cm³/mol. The smallest absolute Gasteiger partial charge is 0.191 e. The fourth-order valence-electron chi connectivity index (χ4n) is 1.75. The second-order valence-corrected chi connectivity index (χ2v) is 4.97. The highest BCUT2D eigenvalue weighted by atomic mass is 127. The van der Waals surface area contributed by atoms with E-state index in [0.717, 1.165) is 35.0 Å². The third-order valence-electron chi connectivity index (χ3n) is 2.60. The van der Waals surface area contributed by atoms with E-state index in [1.807, 2.05) is 24.3 Å². The van der Waals surface area contributed by atoms with E-state index in [1.54, 1.807) is 0 Å². The van der Waals surface area contributed by atoms with Gasteiger partial charge in [0.25, 0.3) is 0 Å². The van der Waals surface area contributed by atoms with Crippen LogP contribution in [0.15, 0.2) is 24.3 Å². The van der Waals surface area contributed by atoms with Crippen molar-refractivity contribution in [3.63, 3.8) is 0 Å². The molecule has 1 aliphatic heterocycles. The average molecular weight is 316 g/mol. The summed E-state index contributed by atoms with van der Waals surface area (Å²) in [5.41, 5.74) is 0.766. The molecule has 0 N–H and O–H groups in total. The molecule has 2 rings (SSSR count). The van der Waals surface area contributed by atoms with Crippen molar-refractivity contribution in [1.82, 2.24) is 0 Å². The highest BCUT2D eigenvalue weighted by molar-refractivity contribution is 14.1. The van der Waals surface area contributed by atoms with Crippen molar-refractivity contribution in [1.29, 1.82) is 0 Å². The minimum absolute atomic E-state index is 0.131. The molecule has 1 unspecified atom stereocenters. The van der Waals surface area contributed by atoms with Crippen LogP contribution < -0.4 is 0 Å². The van der Waals surface area contributed by atoms with Crippen LogP contribution in [0.4, 0.5) is 0 Å². The van der Waals surface area contributed by atoms with Gasteiger partial charge in [0.05, 0.1) is 0 Å². The van der Waals surface area contributed by atoms with E-state index in [-0.39, 0.29) is 11.9 Å². The van der Waals surface area contributed by atoms with Gasteiger partial charge in [-0.3, -0.25) is 4.79 Å². The quantitative estimate of drug-likeness (QED) is 0.619. The molecular weight excluding hydrogens is 303 g/mol. The highest BCUT2D eigenvalue weighted by Crippen LogP contribution is 2.18. The minimum atomic E-state index is -0.209. The molecule has 80 valence electrons. The van der Waals surface area contributed by atoms with Gasteiger partial charge in [-0.15, -0.1) is 0 Å². The largest absolute Gasteiger partial charge is 0.370 e. The number of benzene rings is 1. The van der Waals surface area contributed by atoms with Crippen LogP contribution in [0.2, 0.25) is 0 Å². The Bertz CT molecular complexity index is 339. The van der Waals surface area contributed by atoms with Crippen LogP contribution in [0.5, 0.6) is 0 Å². The van der Waals surface area contributed by atoms with Gasteiger partial charge in [-0.25, -0.2) is 0 Å². The van der Waals surface area contributed by atoms with Gasteiger partial charge >= 0.3 is 0 Å². The first-order valence-electron chi connectivity index (χ1n) is 5.19. The maximum absolute atomic E-state index is 12.0. The first-order chi connectivity index (χ1) is 7.27. The van der Waals surface area contributed by atoms with Gasteiger partial charge < -0.3 is 4.74 Å². The summed E-state index contributed by atoms with van der Waals surface area (Å²) in [5.74, 6) is 0.131. The van der Waals surface area contributed by atoms with Crippen molar-refractivity contribution in [3.05, 3.63) is 33.4 Å². The summed E-state index contributed by atoms with van der Waals surface area (Å²) in [5, 5.41) is 0. The lowest BCUT2D eigenvalue weighted by Gasteiger charge is -2.21. The SMILES string of the molecule is O=C(c1ccc(I)cc1)C1CCCCO1. The molecule has 1 saturated heterocycles. The molecular formula is C12H13IO2. The van der Waals surface area contributed by atoms with Crippen LogP contribution in [0.1, 0.15) is 29.6 Å². The lowest BCUT2D eigenvalue weighted by Crippen LogP contribution is -2.28. The third kappa shape index (κ3) is 2.78. The van der Waals surface area contributed by atoms with Crippen LogP contribution in [0.25, 0.3) is 0 Å². The van der Waals surface area contributed by atoms with E-state index >= 15 is 0 Å². The maximum Gasteiger partial charge on any atom is 0.191 e. The zero-order valence-electron chi connectivity index (χ0n) is 8.41. The molecule has 1 atom stereocenters. The summed E-state index contributed by atoms with van der Waals surface area (Å²) in [7, 11) is 0. The Kier molecular flexibility index (Phi) is 3.75. The highest BCUT2D eigenvalue weighted by Gasteiger charge is 2.22. The molecule has 1 aromatic rings. The first kappa shape index (κ1) is 11.1. The molecule has 1 heterocycles. The zero-order valence-corrected chi connectivity index (χ0v) is 10.6. The number of Topliss-reactive ketones (excluding diaryl/α,β-unsaturated/α-hetero) is 1. The van der Waals surface area contributed by atoms with Gasteiger partial charge in [-0.1, -0.05) is 12.1 Å². The Hall–Kier alpha value is -0.420. The van der Waals surface area contributed by atoms with Crippen LogP contribution in [0, 0.1) is 3.57 Å². The van der Waals surface area contributed by atoms with Crippen molar-refractivity contribution in [2.45, 2.75) is 25.4 Å². The predicted octanol–water partition coefficient (Wildman–Crippen LogP) is 3.04. The van der Waals surface area contributed by atoms with Gasteiger partial charge in [-0.05, 0) is 54.0 Å². The summed E-state index contributed by atoms with van der Waals surface area (Å²) in [6.07, 6.45) is 2.83. The van der Waals surface area contributed by atoms with E-state index in [0.29, 0.717) is 0 Å². The van der Waals surface area contributed by atoms with Crippen LogP contribution >= 0.6 is 22.6 Å². The van der Waals surface area contributed by atoms with Gasteiger partial charge in [-0.2, -0.15) is 0 Å². The fourth-order valence-corrected chi connectivity index (χ4v) is 2.11. The van der Waals surface area contributed by atoms with Crippen LogP contribution in [0.3, 0.4) is 0 Å². The second-order valence-electron chi connectivity index (χ2n) is 3.73. The lowest BCUT2D eigenvalue weighted by atomic mass is 10.00. The fraction of sp³-hybridized carbons (Fsp3) is 0.417. The number of hydrogen-bond acceptors (Lipinski definition) is 2. The molecule has 1 aromatic carbocycles. The molecule has 0 radical (unpaired) electrons. The number of ketones is 1. The third-order valence-corrected chi connectivity index (χ3v) is 3.32. The van der Waals surface area contributed by atoms with Crippen molar-refractivity contribution >= 4 is 28.4 Å². The number of carbonyl (C=O) groups is 1. The van der Waals surface area contributed by atoms with Crippen molar-refractivity contribution < 1.29 is 9.53 Å². The van der Waals surface area contributed by atoms with Crippen molar-refractivity contribution in [3.8, 4) is 0 Å². The zero-order chi connectivity index (χ0) is 10.7. The van der Waals surface area contributed by atoms with Crippen molar-refractivity contribution in [2.75, 3.05) is 6.61 Å². The number of rotatable bonds is 2. The Morgan fingerprint density at radius 3 is 2.60 bits per heavy atom. The first-order valence-corrected chi connectivity index (χ1v) is 6.26. The summed E-state index contributed by atoms with van der Waals surface area (Å²) in [4.78, 5) is 12.0. The van der Waals surface area contributed by atoms with Gasteiger partial charge in [0.2, 0.25) is 0 Å². The Morgan fingerprint density at radius 1 is 1.27 bits per heavy atom. The van der Waals surface area contributed by atoms with Crippen molar-refractivity contribution in [2.24, 2.45) is 0 Å². The van der Waals surface area contributed by atoms with Gasteiger partial charge in [0, 0.05) is 15.7 Å². The minimum Gasteiger partial charge on any atom is -0.370 e. The molecule has 0 amide bonds. The monoisotopic (exact) mass is 316 g/mol. The standard InChI is InChI=1S/C12H13IO2/c13-10-6-4-9(5-7-10)12(14)11-3-1-2-8-15-11/h4-7,11H,1-3,8H2. The summed E-state index contributed by atoms with van der Waals surface area (Å²) < 4.78 is 6.62. The molecule has 0 aromatic heterocycles. The molecule has 15 heavy (non-hydrogen) atoms. The van der Waals surface area contributed by atoms with Crippen LogP contribution in [-0.2, 0) is 4.74 Å². The molecule has 0 bridgehead atoms. The topological polar surface area (TPSA) is 26.3 Å².